The number of aromatic nitrogens is 2. The zero-order chi connectivity index (χ0) is 24.4. The maximum Gasteiger partial charge on any atom is 0.281 e. The number of nitriles is 1. The van der Waals surface area contributed by atoms with E-state index in [4.69, 9.17) is 11.5 Å². The summed E-state index contributed by atoms with van der Waals surface area (Å²) in [5.41, 5.74) is 12.7. The topological polar surface area (TPSA) is 122 Å². The number of benzene rings is 2. The minimum Gasteiger partial charge on any atom is -0.382 e. The third-order valence-corrected chi connectivity index (χ3v) is 6.62. The van der Waals surface area contributed by atoms with Crippen LogP contribution in [0.2, 0.25) is 0 Å². The standard InChI is InChI=1S/C24H19F4N5O/c25-11-5-10(8-29)19-13(3-4-17(26)15(19)6-11)12-1-2-14(21-23(31)33-18(30)9-32-21)20-16(12)7-24(27,28)22(20)34/h1-2,5-6,9,13,17,22,34H,3-4,7H2,(H4,30,31,33)/t13-,17+,22+/m1/s1. The van der Waals surface area contributed by atoms with E-state index in [0.717, 1.165) is 12.1 Å². The third-order valence-electron chi connectivity index (χ3n) is 6.62. The van der Waals surface area contributed by atoms with Crippen molar-refractivity contribution in [3.05, 3.63) is 69.7 Å². The van der Waals surface area contributed by atoms with Crippen molar-refractivity contribution in [1.29, 1.82) is 5.26 Å². The van der Waals surface area contributed by atoms with E-state index in [1.54, 1.807) is 6.07 Å². The highest BCUT2D eigenvalue weighted by atomic mass is 19.3. The lowest BCUT2D eigenvalue weighted by Gasteiger charge is -2.31. The van der Waals surface area contributed by atoms with Gasteiger partial charge in [0.2, 0.25) is 0 Å². The molecule has 6 nitrogen and oxygen atoms in total. The summed E-state index contributed by atoms with van der Waals surface area (Å²) < 4.78 is 58.3. The second-order valence-corrected chi connectivity index (χ2v) is 8.63. The smallest absolute Gasteiger partial charge is 0.281 e. The van der Waals surface area contributed by atoms with Gasteiger partial charge in [-0.15, -0.1) is 0 Å². The van der Waals surface area contributed by atoms with Crippen LogP contribution >= 0.6 is 0 Å². The number of nitrogen functional groups attached to an aromatic ring is 2. The van der Waals surface area contributed by atoms with E-state index < -0.39 is 36.4 Å². The fourth-order valence-electron chi connectivity index (χ4n) is 5.20. The molecule has 0 spiro atoms. The maximum atomic E-state index is 14.8. The van der Waals surface area contributed by atoms with Gasteiger partial charge in [0.05, 0.1) is 17.8 Å². The molecule has 0 amide bonds. The molecular weight excluding hydrogens is 450 g/mol. The number of nitrogens with zero attached hydrogens (tertiary/aromatic N) is 3. The second-order valence-electron chi connectivity index (χ2n) is 8.63. The zero-order valence-corrected chi connectivity index (χ0v) is 17.7. The summed E-state index contributed by atoms with van der Waals surface area (Å²) in [4.78, 5) is 8.06. The molecule has 0 saturated heterocycles. The maximum absolute atomic E-state index is 14.8. The second kappa shape index (κ2) is 7.67. The molecule has 1 aromatic heterocycles. The van der Waals surface area contributed by atoms with Crippen molar-refractivity contribution in [3.8, 4) is 17.3 Å². The average molecular weight is 469 g/mol. The van der Waals surface area contributed by atoms with E-state index in [1.165, 1.54) is 12.3 Å². The van der Waals surface area contributed by atoms with Crippen LogP contribution in [0.4, 0.5) is 29.2 Å². The SMILES string of the molecule is N#Cc1cc(F)cc2c1[C@@H](c1ccc(-c3ncc(N)nc3N)c3c1CC(F)(F)[C@H]3O)CC[C@@H]2F. The van der Waals surface area contributed by atoms with Gasteiger partial charge in [0.15, 0.2) is 5.82 Å². The van der Waals surface area contributed by atoms with Gasteiger partial charge in [-0.3, -0.25) is 0 Å². The molecule has 0 saturated carbocycles. The molecule has 0 aliphatic heterocycles. The Morgan fingerprint density at radius 2 is 1.88 bits per heavy atom. The quantitative estimate of drug-likeness (QED) is 0.476. The predicted molar refractivity (Wildman–Crippen MR) is 116 cm³/mol. The molecule has 0 bridgehead atoms. The molecule has 3 aromatic rings. The Morgan fingerprint density at radius 3 is 2.59 bits per heavy atom. The molecule has 1 heterocycles. The molecule has 2 aliphatic carbocycles. The Labute approximate surface area is 191 Å². The molecule has 0 radical (unpaired) electrons. The number of hydrogen-bond donors (Lipinski definition) is 3. The molecular formula is C24H19F4N5O. The lowest BCUT2D eigenvalue weighted by molar-refractivity contribution is -0.0966. The molecule has 34 heavy (non-hydrogen) atoms. The highest BCUT2D eigenvalue weighted by molar-refractivity contribution is 5.77. The first kappa shape index (κ1) is 22.1. The third kappa shape index (κ3) is 3.27. The van der Waals surface area contributed by atoms with E-state index in [0.29, 0.717) is 5.56 Å². The highest BCUT2D eigenvalue weighted by Crippen LogP contribution is 2.53. The summed E-state index contributed by atoms with van der Waals surface area (Å²) in [7, 11) is 0. The first-order valence-corrected chi connectivity index (χ1v) is 10.6. The first-order valence-electron chi connectivity index (χ1n) is 10.6. The fraction of sp³-hybridized carbons (Fsp3) is 0.292. The molecule has 5 rings (SSSR count). The van der Waals surface area contributed by atoms with E-state index in [1.807, 2.05) is 6.07 Å². The summed E-state index contributed by atoms with van der Waals surface area (Å²) in [5.74, 6) is -4.86. The molecule has 5 N–H and O–H groups in total. The number of halogens is 4. The van der Waals surface area contributed by atoms with Crippen LogP contribution in [0.3, 0.4) is 0 Å². The summed E-state index contributed by atoms with van der Waals surface area (Å²) in [6.45, 7) is 0. The van der Waals surface area contributed by atoms with Gasteiger partial charge in [0.1, 0.15) is 29.6 Å². The summed E-state index contributed by atoms with van der Waals surface area (Å²) in [6.07, 6.45) is -2.86. The average Bonchev–Trinajstić information content (AvgIpc) is 3.03. The molecule has 10 heteroatoms. The first-order chi connectivity index (χ1) is 16.1. The van der Waals surface area contributed by atoms with Gasteiger partial charge in [0.25, 0.3) is 5.92 Å². The van der Waals surface area contributed by atoms with Crippen molar-refractivity contribution in [2.24, 2.45) is 0 Å². The Kier molecular flexibility index (Phi) is 4.98. The number of alkyl halides is 3. The van der Waals surface area contributed by atoms with Gasteiger partial charge in [-0.25, -0.2) is 27.5 Å². The van der Waals surface area contributed by atoms with Crippen LogP contribution in [0.15, 0.2) is 30.5 Å². The van der Waals surface area contributed by atoms with Crippen molar-refractivity contribution in [2.45, 2.75) is 43.4 Å². The number of anilines is 2. The zero-order valence-electron chi connectivity index (χ0n) is 17.7. The minimum atomic E-state index is -3.47. The van der Waals surface area contributed by atoms with Gasteiger partial charge in [-0.05, 0) is 52.8 Å². The van der Waals surface area contributed by atoms with Crippen molar-refractivity contribution >= 4 is 11.6 Å². The van der Waals surface area contributed by atoms with Crippen LogP contribution in [0.1, 0.15) is 64.4 Å². The van der Waals surface area contributed by atoms with Crippen LogP contribution in [-0.4, -0.2) is 21.0 Å². The number of fused-ring (bicyclic) bond motifs is 2. The van der Waals surface area contributed by atoms with Gasteiger partial charge in [0, 0.05) is 17.9 Å². The Hall–Kier alpha value is -3.71. The minimum absolute atomic E-state index is 0.0395. The van der Waals surface area contributed by atoms with E-state index >= 15 is 0 Å². The number of hydrogen-bond acceptors (Lipinski definition) is 6. The molecule has 2 aliphatic rings. The van der Waals surface area contributed by atoms with E-state index in [-0.39, 0.29) is 63.6 Å². The number of rotatable bonds is 2. The Morgan fingerprint density at radius 1 is 1.12 bits per heavy atom. The van der Waals surface area contributed by atoms with Crippen LogP contribution < -0.4 is 11.5 Å². The van der Waals surface area contributed by atoms with Crippen LogP contribution in [0, 0.1) is 17.1 Å². The van der Waals surface area contributed by atoms with Crippen LogP contribution in [-0.2, 0) is 6.42 Å². The van der Waals surface area contributed by atoms with Crippen LogP contribution in [0.25, 0.3) is 11.3 Å². The van der Waals surface area contributed by atoms with Gasteiger partial charge in [-0.1, -0.05) is 12.1 Å². The van der Waals surface area contributed by atoms with Gasteiger partial charge < -0.3 is 16.6 Å². The van der Waals surface area contributed by atoms with Crippen molar-refractivity contribution < 1.29 is 22.7 Å². The van der Waals surface area contributed by atoms with E-state index in [9.17, 15) is 27.9 Å². The van der Waals surface area contributed by atoms with Crippen molar-refractivity contribution in [2.75, 3.05) is 11.5 Å². The lowest BCUT2D eigenvalue weighted by Crippen LogP contribution is -2.22. The Bertz CT molecular complexity index is 1370. The summed E-state index contributed by atoms with van der Waals surface area (Å²) in [6, 6.07) is 7.08. The molecule has 2 aromatic carbocycles. The lowest BCUT2D eigenvalue weighted by atomic mass is 9.74. The summed E-state index contributed by atoms with van der Waals surface area (Å²) in [5, 5.41) is 20.2. The van der Waals surface area contributed by atoms with Gasteiger partial charge >= 0.3 is 0 Å². The fourth-order valence-corrected chi connectivity index (χ4v) is 5.20. The molecule has 3 atom stereocenters. The molecule has 174 valence electrons. The van der Waals surface area contributed by atoms with Gasteiger partial charge in [-0.2, -0.15) is 5.26 Å². The monoisotopic (exact) mass is 469 g/mol. The number of aliphatic hydroxyl groups excluding tert-OH is 1. The highest BCUT2D eigenvalue weighted by Gasteiger charge is 2.50. The normalized spacial score (nSPS) is 22.6. The number of aliphatic hydroxyl groups is 1. The molecule has 0 fully saturated rings. The van der Waals surface area contributed by atoms with E-state index in [2.05, 4.69) is 9.97 Å². The van der Waals surface area contributed by atoms with Crippen molar-refractivity contribution in [3.63, 3.8) is 0 Å². The van der Waals surface area contributed by atoms with Crippen LogP contribution in [0.5, 0.6) is 0 Å². The summed E-state index contributed by atoms with van der Waals surface area (Å²) >= 11 is 0. The number of nitrogens with two attached hydrogens (primary N) is 2. The van der Waals surface area contributed by atoms with Crippen molar-refractivity contribution in [1.82, 2.24) is 9.97 Å². The predicted octanol–water partition coefficient (Wildman–Crippen LogP) is 4.48. The Balaban J connectivity index is 1.75. The molecule has 0 unspecified atom stereocenters. The largest absolute Gasteiger partial charge is 0.382 e.